The number of rotatable bonds is 12. The molecule has 12 heteroatoms. The second-order valence-electron chi connectivity index (χ2n) is 14.3. The highest BCUT2D eigenvalue weighted by Crippen LogP contribution is 2.48. The van der Waals surface area contributed by atoms with E-state index in [1.54, 1.807) is 13.8 Å². The number of aliphatic carboxylic acids is 1. The third kappa shape index (κ3) is 10.5. The second-order valence-corrected chi connectivity index (χ2v) is 16.7. The third-order valence-electron chi connectivity index (χ3n) is 9.78. The SMILES string of the molecule is CCCC(N)=O.Cc1ccc([C@H]2[C@H](O)[C@H](O)[C@H](O)C[SH]2C)cc1Cc1ccc(C2C[C@@H](C(=O)O)N(C(C)(C)C(=O)NCCN(C)C)C2)cc1. The predicted octanol–water partition coefficient (Wildman–Crippen LogP) is 2.32. The van der Waals surface area contributed by atoms with E-state index in [1.165, 1.54) is 0 Å². The fraction of sp³-hybridized carbons (Fsp3) is 0.595. The highest BCUT2D eigenvalue weighted by atomic mass is 32.2. The lowest BCUT2D eigenvalue weighted by atomic mass is 9.92. The smallest absolute Gasteiger partial charge is 0.320 e. The molecule has 0 bridgehead atoms. The zero-order chi connectivity index (χ0) is 36.6. The summed E-state index contributed by atoms with van der Waals surface area (Å²) in [4.78, 5) is 39.0. The van der Waals surface area contributed by atoms with Crippen molar-refractivity contribution in [1.82, 2.24) is 15.1 Å². The van der Waals surface area contributed by atoms with Gasteiger partial charge in [-0.25, -0.2) is 10.9 Å². The van der Waals surface area contributed by atoms with Gasteiger partial charge >= 0.3 is 5.97 Å². The number of aliphatic hydroxyl groups excluding tert-OH is 3. The zero-order valence-electron chi connectivity index (χ0n) is 30.1. The minimum atomic E-state index is -1.14. The van der Waals surface area contributed by atoms with Crippen LogP contribution >= 0.6 is 10.9 Å². The summed E-state index contributed by atoms with van der Waals surface area (Å²) in [5, 5.41) is 44.0. The molecule has 0 radical (unpaired) electrons. The van der Waals surface area contributed by atoms with Crippen LogP contribution in [0.1, 0.15) is 79.0 Å². The Kier molecular flexibility index (Phi) is 14.7. The van der Waals surface area contributed by atoms with Crippen LogP contribution in [0, 0.1) is 6.92 Å². The summed E-state index contributed by atoms with van der Waals surface area (Å²) in [5.41, 5.74) is 9.24. The number of likely N-dealkylation sites (N-methyl/N-ethyl adjacent to an activating group) is 1. The molecule has 0 spiro atoms. The van der Waals surface area contributed by atoms with Crippen molar-refractivity contribution in [2.24, 2.45) is 5.73 Å². The molecule has 0 aromatic heterocycles. The summed E-state index contributed by atoms with van der Waals surface area (Å²) >= 11 is 0. The van der Waals surface area contributed by atoms with Gasteiger partial charge in [-0.15, -0.1) is 0 Å². The monoisotopic (exact) mass is 702 g/mol. The molecule has 2 heterocycles. The molecule has 2 aliphatic heterocycles. The van der Waals surface area contributed by atoms with Crippen LogP contribution < -0.4 is 11.1 Å². The fourth-order valence-corrected chi connectivity index (χ4v) is 9.15. The second kappa shape index (κ2) is 17.8. The topological polar surface area (TPSA) is 177 Å². The molecular weight excluding hydrogens is 644 g/mol. The maximum atomic E-state index is 13.1. The van der Waals surface area contributed by atoms with Crippen molar-refractivity contribution >= 4 is 28.7 Å². The van der Waals surface area contributed by atoms with E-state index in [0.717, 1.165) is 34.2 Å². The Balaban J connectivity index is 0.000000992. The minimum Gasteiger partial charge on any atom is -0.480 e. The number of carbonyl (C=O) groups is 3. The fourth-order valence-electron chi connectivity index (χ4n) is 6.75. The number of carboxylic acid groups (broad SMARTS) is 1. The summed E-state index contributed by atoms with van der Waals surface area (Å²) in [6.45, 7) is 9.27. The molecule has 2 amide bonds. The van der Waals surface area contributed by atoms with Gasteiger partial charge in [0.05, 0.1) is 17.7 Å². The summed E-state index contributed by atoms with van der Waals surface area (Å²) in [5.74, 6) is -0.798. The van der Waals surface area contributed by atoms with Crippen LogP contribution in [-0.2, 0) is 20.8 Å². The van der Waals surface area contributed by atoms with E-state index in [4.69, 9.17) is 5.73 Å². The van der Waals surface area contributed by atoms with Gasteiger partial charge in [0, 0.05) is 37.1 Å². The molecular formula is C37H58N4O7S. The van der Waals surface area contributed by atoms with Gasteiger partial charge in [-0.2, -0.15) is 0 Å². The molecule has 4 rings (SSSR count). The molecule has 2 saturated heterocycles. The molecule has 2 fully saturated rings. The molecule has 2 aromatic carbocycles. The molecule has 2 unspecified atom stereocenters. The maximum absolute atomic E-state index is 13.1. The van der Waals surface area contributed by atoms with E-state index >= 15 is 0 Å². The first-order valence-corrected chi connectivity index (χ1v) is 19.2. The minimum absolute atomic E-state index is 0.00701. The van der Waals surface area contributed by atoms with Crippen LogP contribution in [-0.4, -0.2) is 124 Å². The van der Waals surface area contributed by atoms with E-state index in [0.29, 0.717) is 44.6 Å². The number of likely N-dealkylation sites (tertiary alicyclic amines) is 1. The van der Waals surface area contributed by atoms with Gasteiger partial charge in [0.1, 0.15) is 12.1 Å². The van der Waals surface area contributed by atoms with Gasteiger partial charge in [-0.1, -0.05) is 49.4 Å². The van der Waals surface area contributed by atoms with Gasteiger partial charge in [0.2, 0.25) is 11.8 Å². The number of thiol groups is 1. The number of carboxylic acids is 1. The largest absolute Gasteiger partial charge is 0.480 e. The third-order valence-corrected chi connectivity index (χ3v) is 12.3. The highest BCUT2D eigenvalue weighted by molar-refractivity contribution is 8.16. The van der Waals surface area contributed by atoms with E-state index in [-0.39, 0.29) is 23.0 Å². The Bertz CT molecular complexity index is 1420. The number of nitrogens with two attached hydrogens (primary N) is 1. The molecule has 274 valence electrons. The van der Waals surface area contributed by atoms with Gasteiger partial charge in [0.25, 0.3) is 0 Å². The number of carbonyl (C=O) groups excluding carboxylic acids is 2. The van der Waals surface area contributed by atoms with Crippen molar-refractivity contribution in [3.05, 3.63) is 70.3 Å². The van der Waals surface area contributed by atoms with Crippen molar-refractivity contribution < 1.29 is 34.8 Å². The number of nitrogens with zero attached hydrogens (tertiary/aromatic N) is 2. The first kappa shape index (κ1) is 40.4. The van der Waals surface area contributed by atoms with Crippen molar-refractivity contribution in [3.63, 3.8) is 0 Å². The maximum Gasteiger partial charge on any atom is 0.320 e. The highest BCUT2D eigenvalue weighted by Gasteiger charge is 2.47. The van der Waals surface area contributed by atoms with Crippen LogP contribution in [0.3, 0.4) is 0 Å². The quantitative estimate of drug-likeness (QED) is 0.164. The normalized spacial score (nSPS) is 26.6. The van der Waals surface area contributed by atoms with Crippen molar-refractivity contribution in [2.75, 3.05) is 45.7 Å². The lowest BCUT2D eigenvalue weighted by Crippen LogP contribution is -2.58. The van der Waals surface area contributed by atoms with Crippen molar-refractivity contribution in [1.29, 1.82) is 0 Å². The summed E-state index contributed by atoms with van der Waals surface area (Å²) in [7, 11) is 3.19. The number of hydrogen-bond acceptors (Lipinski definition) is 8. The standard InChI is InChI=1S/C33H49N3O6S.C4H9NO/c1-20-7-10-23(30-29(39)28(38)27(37)19-43(30)6)16-24(20)15-21-8-11-22(12-9-21)25-17-26(31(40)41)36(18-25)33(2,3)32(42)34-13-14-35(4)5;1-2-3-4(5)6/h7-12,16,25-30,37-39,43H,13-15,17-19H2,1-6H3,(H,34,42)(H,40,41);2-3H2,1H3,(H2,5,6)/t25?,26-,27+,28+,29+,30-;/m0./s1. The Morgan fingerprint density at radius 1 is 1.04 bits per heavy atom. The van der Waals surface area contributed by atoms with E-state index in [2.05, 4.69) is 54.9 Å². The van der Waals surface area contributed by atoms with Crippen LogP contribution in [0.25, 0.3) is 0 Å². The van der Waals surface area contributed by atoms with Crippen molar-refractivity contribution in [3.8, 4) is 0 Å². The number of hydrogen-bond donors (Lipinski definition) is 7. The van der Waals surface area contributed by atoms with Gasteiger partial charge in [0.15, 0.2) is 0 Å². The predicted molar refractivity (Wildman–Crippen MR) is 196 cm³/mol. The van der Waals surface area contributed by atoms with E-state index in [9.17, 15) is 34.8 Å². The number of nitrogens with one attached hydrogen (secondary N) is 1. The Labute approximate surface area is 294 Å². The molecule has 11 nitrogen and oxygen atoms in total. The summed E-state index contributed by atoms with van der Waals surface area (Å²) < 4.78 is 0. The molecule has 2 aliphatic rings. The van der Waals surface area contributed by atoms with Crippen LogP contribution in [0.5, 0.6) is 0 Å². The first-order chi connectivity index (χ1) is 23.0. The van der Waals surface area contributed by atoms with Crippen LogP contribution in [0.4, 0.5) is 0 Å². The van der Waals surface area contributed by atoms with Crippen LogP contribution in [0.15, 0.2) is 42.5 Å². The molecule has 7 N–H and O–H groups in total. The number of primary amides is 1. The molecule has 7 atom stereocenters. The van der Waals surface area contributed by atoms with E-state index in [1.807, 2.05) is 36.9 Å². The van der Waals surface area contributed by atoms with E-state index < -0.39 is 46.8 Å². The first-order valence-electron chi connectivity index (χ1n) is 17.1. The number of benzene rings is 2. The summed E-state index contributed by atoms with van der Waals surface area (Å²) in [6, 6.07) is 13.8. The number of amides is 2. The Morgan fingerprint density at radius 2 is 1.67 bits per heavy atom. The van der Waals surface area contributed by atoms with Gasteiger partial charge in [-0.3, -0.25) is 19.3 Å². The van der Waals surface area contributed by atoms with Gasteiger partial charge < -0.3 is 36.4 Å². The van der Waals surface area contributed by atoms with Crippen LogP contribution in [0.2, 0.25) is 0 Å². The van der Waals surface area contributed by atoms with Gasteiger partial charge in [-0.05, 0) is 94.1 Å². The molecule has 0 saturated carbocycles. The van der Waals surface area contributed by atoms with Crippen molar-refractivity contribution in [2.45, 2.75) is 94.4 Å². The molecule has 0 aliphatic carbocycles. The Hall–Kier alpha value is -3.00. The number of aliphatic hydroxyl groups is 3. The summed E-state index contributed by atoms with van der Waals surface area (Å²) in [6.07, 6.45) is 1.54. The zero-order valence-corrected chi connectivity index (χ0v) is 31.0. The average molecular weight is 703 g/mol. The molecule has 49 heavy (non-hydrogen) atoms. The lowest BCUT2D eigenvalue weighted by molar-refractivity contribution is -0.146. The molecule has 2 aromatic rings. The average Bonchev–Trinajstić information content (AvgIpc) is 3.49. The lowest BCUT2D eigenvalue weighted by Gasteiger charge is -2.42. The number of aryl methyl sites for hydroxylation is 1. The Morgan fingerprint density at radius 3 is 2.22 bits per heavy atom.